The third-order valence-corrected chi connectivity index (χ3v) is 5.11. The smallest absolute Gasteiger partial charge is 0.221 e. The molecular formula is C7H7Cl2NO3S2. The Labute approximate surface area is 99.9 Å². The summed E-state index contributed by atoms with van der Waals surface area (Å²) >= 11 is 11.3. The summed E-state index contributed by atoms with van der Waals surface area (Å²) in [4.78, 5) is 0.276. The molecule has 0 spiro atoms. The monoisotopic (exact) mass is 287 g/mol. The van der Waals surface area contributed by atoms with Gasteiger partial charge in [-0.15, -0.1) is 0 Å². The average Bonchev–Trinajstić information content (AvgIpc) is 2.06. The van der Waals surface area contributed by atoms with E-state index in [1.54, 1.807) is 0 Å². The Morgan fingerprint density at radius 3 is 2.33 bits per heavy atom. The van der Waals surface area contributed by atoms with E-state index in [0.717, 1.165) is 0 Å². The van der Waals surface area contributed by atoms with E-state index in [1.807, 2.05) is 0 Å². The van der Waals surface area contributed by atoms with E-state index in [2.05, 4.69) is 0 Å². The van der Waals surface area contributed by atoms with E-state index >= 15 is 0 Å². The molecule has 0 saturated heterocycles. The fourth-order valence-electron chi connectivity index (χ4n) is 0.836. The molecule has 0 aromatic heterocycles. The predicted octanol–water partition coefficient (Wildman–Crippen LogP) is 1.35. The van der Waals surface area contributed by atoms with Gasteiger partial charge >= 0.3 is 0 Å². The Morgan fingerprint density at radius 1 is 1.27 bits per heavy atom. The molecule has 0 bridgehead atoms. The molecule has 0 saturated carbocycles. The van der Waals surface area contributed by atoms with E-state index in [-0.39, 0.29) is 9.92 Å². The van der Waals surface area contributed by atoms with Crippen molar-refractivity contribution in [2.24, 2.45) is 5.14 Å². The maximum atomic E-state index is 11.5. The van der Waals surface area contributed by atoms with Crippen LogP contribution in [0.4, 0.5) is 0 Å². The second-order valence-corrected chi connectivity index (χ2v) is 6.95. The number of hydrogen-bond donors (Lipinski definition) is 1. The van der Waals surface area contributed by atoms with Crippen molar-refractivity contribution >= 4 is 44.0 Å². The summed E-state index contributed by atoms with van der Waals surface area (Å²) in [7, 11) is -5.50. The molecule has 84 valence electrons. The Bertz CT molecular complexity index is 501. The van der Waals surface area contributed by atoms with E-state index < -0.39 is 25.9 Å². The average molecular weight is 288 g/mol. The Morgan fingerprint density at radius 2 is 1.87 bits per heavy atom. The van der Waals surface area contributed by atoms with Crippen molar-refractivity contribution in [3.63, 3.8) is 0 Å². The minimum atomic E-state index is -3.77. The Balaban J connectivity index is 2.98. The molecule has 15 heavy (non-hydrogen) atoms. The zero-order chi connectivity index (χ0) is 11.6. The van der Waals surface area contributed by atoms with Crippen molar-refractivity contribution in [3.8, 4) is 0 Å². The predicted molar refractivity (Wildman–Crippen MR) is 60.8 cm³/mol. The Hall–Kier alpha value is -0.140. The van der Waals surface area contributed by atoms with Crippen LogP contribution >= 0.6 is 23.2 Å². The molecule has 0 aliphatic carbocycles. The highest BCUT2D eigenvalue weighted by Crippen LogP contribution is 2.24. The molecule has 0 heterocycles. The lowest BCUT2D eigenvalue weighted by molar-refractivity contribution is 0.601. The van der Waals surface area contributed by atoms with Crippen LogP contribution in [-0.4, -0.2) is 17.7 Å². The molecule has 0 aliphatic heterocycles. The van der Waals surface area contributed by atoms with Crippen LogP contribution in [0.2, 0.25) is 10.0 Å². The van der Waals surface area contributed by atoms with Gasteiger partial charge < -0.3 is 0 Å². The normalized spacial score (nSPS) is 13.8. The third kappa shape index (κ3) is 4.08. The van der Waals surface area contributed by atoms with Crippen molar-refractivity contribution in [1.29, 1.82) is 0 Å². The number of primary sulfonamides is 1. The summed E-state index contributed by atoms with van der Waals surface area (Å²) < 4.78 is 32.9. The van der Waals surface area contributed by atoms with E-state index in [1.165, 1.54) is 18.2 Å². The van der Waals surface area contributed by atoms with Gasteiger partial charge in [0.05, 0.1) is 20.8 Å². The summed E-state index contributed by atoms with van der Waals surface area (Å²) in [6.07, 6.45) is 0. The van der Waals surface area contributed by atoms with Gasteiger partial charge in [0.1, 0.15) is 5.08 Å². The maximum absolute atomic E-state index is 11.5. The van der Waals surface area contributed by atoms with Crippen LogP contribution in [0.3, 0.4) is 0 Å². The number of halogens is 2. The number of nitrogens with two attached hydrogens (primary N) is 1. The van der Waals surface area contributed by atoms with Crippen LogP contribution in [0.25, 0.3) is 0 Å². The first kappa shape index (κ1) is 12.9. The summed E-state index contributed by atoms with van der Waals surface area (Å²) in [5.41, 5.74) is 0. The first-order chi connectivity index (χ1) is 6.79. The number of hydrogen-bond acceptors (Lipinski definition) is 3. The fourth-order valence-corrected chi connectivity index (χ4v) is 3.41. The molecule has 4 nitrogen and oxygen atoms in total. The van der Waals surface area contributed by atoms with Crippen molar-refractivity contribution < 1.29 is 12.6 Å². The van der Waals surface area contributed by atoms with E-state index in [9.17, 15) is 12.6 Å². The maximum Gasteiger partial charge on any atom is 0.221 e. The summed E-state index contributed by atoms with van der Waals surface area (Å²) in [5.74, 6) is 0. The standard InChI is InChI=1S/C7H7Cl2NO3S2/c8-6-2-1-5(3-7(6)9)14(11)4-15(10,12)13/h1-3H,4H2,(H2,10,12,13). The first-order valence-electron chi connectivity index (χ1n) is 3.63. The van der Waals surface area contributed by atoms with Gasteiger partial charge in [-0.1, -0.05) is 23.2 Å². The van der Waals surface area contributed by atoms with Crippen molar-refractivity contribution in [3.05, 3.63) is 28.2 Å². The van der Waals surface area contributed by atoms with Gasteiger partial charge in [-0.25, -0.2) is 13.6 Å². The van der Waals surface area contributed by atoms with Crippen LogP contribution in [0, 0.1) is 0 Å². The zero-order valence-corrected chi connectivity index (χ0v) is 10.5. The van der Waals surface area contributed by atoms with Gasteiger partial charge in [-0.2, -0.15) is 0 Å². The minimum absolute atomic E-state index is 0.219. The molecule has 1 aromatic rings. The molecule has 1 atom stereocenters. The van der Waals surface area contributed by atoms with E-state index in [4.69, 9.17) is 28.3 Å². The quantitative estimate of drug-likeness (QED) is 0.912. The van der Waals surface area contributed by atoms with Gasteiger partial charge in [0.25, 0.3) is 0 Å². The number of rotatable bonds is 3. The highest BCUT2D eigenvalue weighted by atomic mass is 35.5. The van der Waals surface area contributed by atoms with Crippen molar-refractivity contribution in [2.45, 2.75) is 4.90 Å². The lowest BCUT2D eigenvalue weighted by Crippen LogP contribution is -2.19. The van der Waals surface area contributed by atoms with Gasteiger partial charge in [0, 0.05) is 4.90 Å². The molecule has 0 fully saturated rings. The Kier molecular flexibility index (Phi) is 4.13. The zero-order valence-electron chi connectivity index (χ0n) is 7.31. The van der Waals surface area contributed by atoms with Gasteiger partial charge in [0.15, 0.2) is 0 Å². The van der Waals surface area contributed by atoms with Crippen molar-refractivity contribution in [2.75, 3.05) is 5.08 Å². The molecule has 8 heteroatoms. The fraction of sp³-hybridized carbons (Fsp3) is 0.143. The van der Waals surface area contributed by atoms with Crippen LogP contribution in [-0.2, 0) is 20.8 Å². The van der Waals surface area contributed by atoms with Crippen molar-refractivity contribution in [1.82, 2.24) is 0 Å². The molecular weight excluding hydrogens is 281 g/mol. The largest absolute Gasteiger partial charge is 0.253 e. The molecule has 0 amide bonds. The van der Waals surface area contributed by atoms with E-state index in [0.29, 0.717) is 5.02 Å². The SMILES string of the molecule is NS(=O)(=O)CS(=O)c1ccc(Cl)c(Cl)c1. The molecule has 1 unspecified atom stereocenters. The molecule has 2 N–H and O–H groups in total. The summed E-state index contributed by atoms with van der Waals surface area (Å²) in [5, 5.41) is 4.66. The molecule has 0 aliphatic rings. The van der Waals surface area contributed by atoms with Gasteiger partial charge in [-0.3, -0.25) is 4.21 Å². The number of sulfonamides is 1. The van der Waals surface area contributed by atoms with Gasteiger partial charge in [-0.05, 0) is 18.2 Å². The first-order valence-corrected chi connectivity index (χ1v) is 7.42. The summed E-state index contributed by atoms with van der Waals surface area (Å²) in [6, 6.07) is 4.24. The second kappa shape index (κ2) is 4.80. The lowest BCUT2D eigenvalue weighted by Gasteiger charge is -2.02. The molecule has 0 radical (unpaired) electrons. The highest BCUT2D eigenvalue weighted by Gasteiger charge is 2.13. The molecule has 1 aromatic carbocycles. The third-order valence-electron chi connectivity index (χ3n) is 1.43. The minimum Gasteiger partial charge on any atom is -0.253 e. The molecule has 1 rings (SSSR count). The summed E-state index contributed by atoms with van der Waals surface area (Å²) in [6.45, 7) is 0. The second-order valence-electron chi connectivity index (χ2n) is 2.70. The van der Waals surface area contributed by atoms with Crippen LogP contribution in [0.1, 0.15) is 0 Å². The van der Waals surface area contributed by atoms with Crippen LogP contribution < -0.4 is 5.14 Å². The highest BCUT2D eigenvalue weighted by molar-refractivity contribution is 8.04. The lowest BCUT2D eigenvalue weighted by atomic mass is 10.4. The van der Waals surface area contributed by atoms with Gasteiger partial charge in [0.2, 0.25) is 10.0 Å². The topological polar surface area (TPSA) is 77.2 Å². The number of benzene rings is 1. The van der Waals surface area contributed by atoms with Crippen LogP contribution in [0.5, 0.6) is 0 Å². The van der Waals surface area contributed by atoms with Crippen LogP contribution in [0.15, 0.2) is 23.1 Å².